The molecule has 0 atom stereocenters. The van der Waals surface area contributed by atoms with E-state index in [2.05, 4.69) is 10.2 Å². The van der Waals surface area contributed by atoms with Gasteiger partial charge in [0, 0.05) is 10.8 Å². The zero-order valence-corrected chi connectivity index (χ0v) is 8.41. The van der Waals surface area contributed by atoms with Crippen LogP contribution in [0.3, 0.4) is 0 Å². The molecule has 0 unspecified atom stereocenters. The monoisotopic (exact) mass is 190 g/mol. The maximum absolute atomic E-state index is 9.31. The predicted octanol–water partition coefficient (Wildman–Crippen LogP) is 1.83. The molecule has 0 fully saturated rings. The second-order valence-corrected chi connectivity index (χ2v) is 4.18. The minimum absolute atomic E-state index is 0.130. The summed E-state index contributed by atoms with van der Waals surface area (Å²) in [5, 5.41) is 17.4. The molecule has 0 aliphatic rings. The van der Waals surface area contributed by atoms with Crippen LogP contribution in [0.25, 0.3) is 10.9 Å². The quantitative estimate of drug-likeness (QED) is 0.759. The summed E-state index contributed by atoms with van der Waals surface area (Å²) in [6.07, 6.45) is 1.80. The fraction of sp³-hybridized carbons (Fsp3) is 0.364. The number of aromatic nitrogens is 2. The van der Waals surface area contributed by atoms with Crippen molar-refractivity contribution in [1.29, 1.82) is 0 Å². The van der Waals surface area contributed by atoms with Crippen molar-refractivity contribution in [2.24, 2.45) is 0 Å². The molecule has 0 saturated heterocycles. The van der Waals surface area contributed by atoms with Crippen molar-refractivity contribution in [2.45, 2.75) is 19.3 Å². The summed E-state index contributed by atoms with van der Waals surface area (Å²) in [5.41, 5.74) is 1.90. The lowest BCUT2D eigenvalue weighted by molar-refractivity contribution is 0.219. The van der Waals surface area contributed by atoms with Gasteiger partial charge in [0.2, 0.25) is 0 Å². The van der Waals surface area contributed by atoms with Crippen LogP contribution in [0.4, 0.5) is 0 Å². The number of aliphatic hydroxyl groups excluding tert-OH is 1. The maximum atomic E-state index is 9.31. The van der Waals surface area contributed by atoms with Crippen LogP contribution >= 0.6 is 0 Å². The predicted molar refractivity (Wildman–Crippen MR) is 56.2 cm³/mol. The molecular formula is C11H14N2O. The minimum atomic E-state index is -0.230. The number of benzene rings is 1. The molecule has 2 N–H and O–H groups in total. The largest absolute Gasteiger partial charge is 0.395 e. The molecule has 3 heteroatoms. The molecule has 0 amide bonds. The van der Waals surface area contributed by atoms with Crippen LogP contribution in [0.1, 0.15) is 19.4 Å². The van der Waals surface area contributed by atoms with Gasteiger partial charge in [0.25, 0.3) is 0 Å². The summed E-state index contributed by atoms with van der Waals surface area (Å²) in [7, 11) is 0. The van der Waals surface area contributed by atoms with Crippen LogP contribution < -0.4 is 0 Å². The number of aromatic amines is 1. The molecule has 74 valence electrons. The van der Waals surface area contributed by atoms with Crippen molar-refractivity contribution in [2.75, 3.05) is 6.61 Å². The van der Waals surface area contributed by atoms with Crippen LogP contribution in [0.15, 0.2) is 24.4 Å². The van der Waals surface area contributed by atoms with Gasteiger partial charge in [-0.1, -0.05) is 32.0 Å². The van der Waals surface area contributed by atoms with Crippen LogP contribution in [0, 0.1) is 0 Å². The molecule has 0 spiro atoms. The van der Waals surface area contributed by atoms with Crippen molar-refractivity contribution in [3.8, 4) is 0 Å². The van der Waals surface area contributed by atoms with E-state index < -0.39 is 0 Å². The lowest BCUT2D eigenvalue weighted by Gasteiger charge is -2.22. The molecule has 1 aromatic carbocycles. The van der Waals surface area contributed by atoms with E-state index in [1.807, 2.05) is 32.0 Å². The number of hydrogen-bond donors (Lipinski definition) is 2. The van der Waals surface area contributed by atoms with Crippen LogP contribution in [0.2, 0.25) is 0 Å². The molecule has 2 aromatic rings. The summed E-state index contributed by atoms with van der Waals surface area (Å²) in [6, 6.07) is 6.02. The minimum Gasteiger partial charge on any atom is -0.395 e. The van der Waals surface area contributed by atoms with E-state index in [1.165, 1.54) is 0 Å². The molecule has 0 saturated carbocycles. The third-order valence-electron chi connectivity index (χ3n) is 2.60. The molecule has 2 rings (SSSR count). The van der Waals surface area contributed by atoms with Crippen LogP contribution in [-0.4, -0.2) is 21.9 Å². The van der Waals surface area contributed by atoms with Crippen molar-refractivity contribution in [3.05, 3.63) is 30.0 Å². The Hall–Kier alpha value is -1.35. The molecule has 14 heavy (non-hydrogen) atoms. The second-order valence-electron chi connectivity index (χ2n) is 4.18. The third kappa shape index (κ3) is 1.30. The number of nitrogens with one attached hydrogen (secondary N) is 1. The second kappa shape index (κ2) is 3.10. The maximum Gasteiger partial charge on any atom is 0.0688 e. The van der Waals surface area contributed by atoms with Crippen LogP contribution in [-0.2, 0) is 5.41 Å². The van der Waals surface area contributed by atoms with E-state index in [-0.39, 0.29) is 12.0 Å². The standard InChI is InChI=1S/C11H14N2O/c1-11(2,7-14)9-5-3-4-8-6-12-13-10(8)9/h3-6,14H,7H2,1-2H3,(H,12,13). The first kappa shape index (κ1) is 9.21. The molecule has 0 bridgehead atoms. The van der Waals surface area contributed by atoms with Crippen molar-refractivity contribution in [3.63, 3.8) is 0 Å². The molecule has 0 aliphatic heterocycles. The zero-order chi connectivity index (χ0) is 10.2. The third-order valence-corrected chi connectivity index (χ3v) is 2.60. The van der Waals surface area contributed by atoms with Gasteiger partial charge in [-0.05, 0) is 5.56 Å². The van der Waals surface area contributed by atoms with E-state index in [0.29, 0.717) is 0 Å². The highest BCUT2D eigenvalue weighted by molar-refractivity contribution is 5.82. The Bertz CT molecular complexity index is 445. The summed E-state index contributed by atoms with van der Waals surface area (Å²) in [5.74, 6) is 0. The van der Waals surface area contributed by atoms with Gasteiger partial charge >= 0.3 is 0 Å². The fourth-order valence-corrected chi connectivity index (χ4v) is 1.62. The van der Waals surface area contributed by atoms with Crippen molar-refractivity contribution >= 4 is 10.9 Å². The Morgan fingerprint density at radius 1 is 1.43 bits per heavy atom. The van der Waals surface area contributed by atoms with Gasteiger partial charge in [-0.3, -0.25) is 5.10 Å². The van der Waals surface area contributed by atoms with Gasteiger partial charge in [0.15, 0.2) is 0 Å². The van der Waals surface area contributed by atoms with Crippen molar-refractivity contribution < 1.29 is 5.11 Å². The first-order valence-corrected chi connectivity index (χ1v) is 4.68. The zero-order valence-electron chi connectivity index (χ0n) is 8.41. The number of aliphatic hydroxyl groups is 1. The van der Waals surface area contributed by atoms with Gasteiger partial charge in [0.1, 0.15) is 0 Å². The average molecular weight is 190 g/mol. The number of H-pyrrole nitrogens is 1. The Labute approximate surface area is 82.8 Å². The van der Waals surface area contributed by atoms with Gasteiger partial charge in [0.05, 0.1) is 18.3 Å². The van der Waals surface area contributed by atoms with Gasteiger partial charge in [-0.2, -0.15) is 5.10 Å². The molecule has 3 nitrogen and oxygen atoms in total. The lowest BCUT2D eigenvalue weighted by atomic mass is 9.84. The molecule has 1 heterocycles. The van der Waals surface area contributed by atoms with E-state index in [9.17, 15) is 5.11 Å². The summed E-state index contributed by atoms with van der Waals surface area (Å²) >= 11 is 0. The number of nitrogens with zero attached hydrogens (tertiary/aromatic N) is 1. The Kier molecular flexibility index (Phi) is 2.04. The number of rotatable bonds is 2. The molecule has 1 aromatic heterocycles. The Morgan fingerprint density at radius 3 is 2.93 bits per heavy atom. The highest BCUT2D eigenvalue weighted by Crippen LogP contribution is 2.28. The number of fused-ring (bicyclic) bond motifs is 1. The first-order chi connectivity index (χ1) is 6.65. The van der Waals surface area contributed by atoms with E-state index in [1.54, 1.807) is 6.20 Å². The van der Waals surface area contributed by atoms with Gasteiger partial charge in [-0.15, -0.1) is 0 Å². The first-order valence-electron chi connectivity index (χ1n) is 4.68. The number of para-hydroxylation sites is 1. The summed E-state index contributed by atoms with van der Waals surface area (Å²) < 4.78 is 0. The number of hydrogen-bond acceptors (Lipinski definition) is 2. The fourth-order valence-electron chi connectivity index (χ4n) is 1.62. The highest BCUT2D eigenvalue weighted by Gasteiger charge is 2.22. The summed E-state index contributed by atoms with van der Waals surface area (Å²) in [6.45, 7) is 4.16. The molecule has 0 aliphatic carbocycles. The van der Waals surface area contributed by atoms with Gasteiger partial charge in [-0.25, -0.2) is 0 Å². The normalized spacial score (nSPS) is 12.2. The van der Waals surface area contributed by atoms with Crippen LogP contribution in [0.5, 0.6) is 0 Å². The van der Waals surface area contributed by atoms with Gasteiger partial charge < -0.3 is 5.11 Å². The SMILES string of the molecule is CC(C)(CO)c1cccc2cn[nH]c12. The summed E-state index contributed by atoms with van der Waals surface area (Å²) in [4.78, 5) is 0. The molecule has 0 radical (unpaired) electrons. The molecular weight excluding hydrogens is 176 g/mol. The lowest BCUT2D eigenvalue weighted by Crippen LogP contribution is -2.22. The van der Waals surface area contributed by atoms with Crippen molar-refractivity contribution in [1.82, 2.24) is 10.2 Å². The topological polar surface area (TPSA) is 48.9 Å². The van der Waals surface area contributed by atoms with E-state index in [4.69, 9.17) is 0 Å². The smallest absolute Gasteiger partial charge is 0.0688 e. The Balaban J connectivity index is 2.67. The van der Waals surface area contributed by atoms with E-state index >= 15 is 0 Å². The van der Waals surface area contributed by atoms with E-state index in [0.717, 1.165) is 16.5 Å². The Morgan fingerprint density at radius 2 is 2.21 bits per heavy atom. The average Bonchev–Trinajstić information content (AvgIpc) is 2.64. The highest BCUT2D eigenvalue weighted by atomic mass is 16.3.